The molecule has 0 aliphatic heterocycles. The summed E-state index contributed by atoms with van der Waals surface area (Å²) in [7, 11) is 0. The molecule has 0 atom stereocenters. The second-order valence-corrected chi connectivity index (χ2v) is 5.78. The van der Waals surface area contributed by atoms with Gasteiger partial charge in [-0.25, -0.2) is 0 Å². The number of nitrogens with one attached hydrogen (secondary N) is 1. The summed E-state index contributed by atoms with van der Waals surface area (Å²) in [6.07, 6.45) is 0. The maximum Gasteiger partial charge on any atom is 0.252 e. The Morgan fingerprint density at radius 3 is 2.78 bits per heavy atom. The molecule has 0 aliphatic rings. The highest BCUT2D eigenvalue weighted by Crippen LogP contribution is 2.20. The maximum atomic E-state index is 11.7. The number of benzene rings is 1. The van der Waals surface area contributed by atoms with Crippen LogP contribution >= 0.6 is 27.3 Å². The second kappa shape index (κ2) is 6.39. The zero-order valence-electron chi connectivity index (χ0n) is 9.44. The fraction of sp³-hybridized carbons (Fsp3) is 0.0714. The first-order chi connectivity index (χ1) is 8.75. The first-order valence-corrected chi connectivity index (χ1v) is 6.99. The van der Waals surface area contributed by atoms with E-state index >= 15 is 0 Å². The number of rotatable bonds is 2. The van der Waals surface area contributed by atoms with Crippen LogP contribution in [-0.2, 0) is 0 Å². The summed E-state index contributed by atoms with van der Waals surface area (Å²) in [4.78, 5) is 11.7. The molecule has 1 N–H and O–H groups in total. The predicted molar refractivity (Wildman–Crippen MR) is 77.7 cm³/mol. The van der Waals surface area contributed by atoms with Crippen LogP contribution in [-0.4, -0.2) is 12.5 Å². The summed E-state index contributed by atoms with van der Waals surface area (Å²) < 4.78 is 0.947. The molecule has 0 fully saturated rings. The van der Waals surface area contributed by atoms with Crippen LogP contribution in [0.2, 0.25) is 0 Å². The Kier molecular flexibility index (Phi) is 4.57. The molecule has 0 spiro atoms. The maximum absolute atomic E-state index is 11.7. The van der Waals surface area contributed by atoms with Gasteiger partial charge in [0.1, 0.15) is 0 Å². The Balaban J connectivity index is 1.86. The molecular formula is C14H10BrNOS. The standard InChI is InChI=1S/C14H10BrNOS/c15-13-9-12(10-18-13)14(17)16-8-4-7-11-5-2-1-3-6-11/h1-3,5-6,9-10H,8H2,(H,16,17). The van der Waals surface area contributed by atoms with Gasteiger partial charge >= 0.3 is 0 Å². The van der Waals surface area contributed by atoms with E-state index in [1.165, 1.54) is 11.3 Å². The van der Waals surface area contributed by atoms with Crippen molar-refractivity contribution in [1.29, 1.82) is 0 Å². The molecule has 4 heteroatoms. The van der Waals surface area contributed by atoms with E-state index in [4.69, 9.17) is 0 Å². The Bertz CT molecular complexity index is 595. The number of hydrogen-bond donors (Lipinski definition) is 1. The van der Waals surface area contributed by atoms with Crippen LogP contribution < -0.4 is 5.32 Å². The highest BCUT2D eigenvalue weighted by atomic mass is 79.9. The van der Waals surface area contributed by atoms with Crippen LogP contribution in [0.15, 0.2) is 45.6 Å². The van der Waals surface area contributed by atoms with E-state index in [-0.39, 0.29) is 5.91 Å². The van der Waals surface area contributed by atoms with Crippen LogP contribution in [0.25, 0.3) is 0 Å². The van der Waals surface area contributed by atoms with Gasteiger partial charge in [0.15, 0.2) is 0 Å². The predicted octanol–water partition coefficient (Wildman–Crippen LogP) is 3.29. The van der Waals surface area contributed by atoms with Gasteiger partial charge in [0.25, 0.3) is 5.91 Å². The molecule has 18 heavy (non-hydrogen) atoms. The minimum absolute atomic E-state index is 0.0979. The van der Waals surface area contributed by atoms with E-state index in [1.54, 1.807) is 6.07 Å². The number of thiophene rings is 1. The fourth-order valence-electron chi connectivity index (χ4n) is 1.32. The topological polar surface area (TPSA) is 29.1 Å². The Morgan fingerprint density at radius 1 is 1.33 bits per heavy atom. The zero-order valence-corrected chi connectivity index (χ0v) is 11.8. The second-order valence-electron chi connectivity index (χ2n) is 3.49. The minimum Gasteiger partial charge on any atom is -0.341 e. The van der Waals surface area contributed by atoms with Crippen molar-refractivity contribution < 1.29 is 4.79 Å². The molecule has 0 saturated heterocycles. The van der Waals surface area contributed by atoms with Crippen molar-refractivity contribution in [3.8, 4) is 11.8 Å². The molecule has 0 unspecified atom stereocenters. The van der Waals surface area contributed by atoms with Crippen LogP contribution in [0, 0.1) is 11.8 Å². The lowest BCUT2D eigenvalue weighted by Gasteiger charge is -1.96. The zero-order chi connectivity index (χ0) is 12.8. The molecule has 0 radical (unpaired) electrons. The molecule has 1 aromatic carbocycles. The Hall–Kier alpha value is -1.57. The van der Waals surface area contributed by atoms with E-state index in [0.29, 0.717) is 12.1 Å². The molecule has 1 amide bonds. The summed E-state index contributed by atoms with van der Waals surface area (Å²) in [5, 5.41) is 4.57. The lowest BCUT2D eigenvalue weighted by Crippen LogP contribution is -2.22. The van der Waals surface area contributed by atoms with Gasteiger partial charge in [-0.3, -0.25) is 4.79 Å². The molecule has 0 saturated carbocycles. The highest BCUT2D eigenvalue weighted by molar-refractivity contribution is 9.11. The normalized spacial score (nSPS) is 9.39. The van der Waals surface area contributed by atoms with Crippen LogP contribution in [0.5, 0.6) is 0 Å². The minimum atomic E-state index is -0.0979. The SMILES string of the molecule is O=C(NCC#Cc1ccccc1)c1csc(Br)c1. The number of amides is 1. The number of halogens is 1. The van der Waals surface area contributed by atoms with Gasteiger partial charge in [0, 0.05) is 10.9 Å². The van der Waals surface area contributed by atoms with Crippen molar-refractivity contribution in [2.45, 2.75) is 0 Å². The summed E-state index contributed by atoms with van der Waals surface area (Å²) in [5.74, 6) is 5.81. The average molecular weight is 320 g/mol. The van der Waals surface area contributed by atoms with Crippen molar-refractivity contribution >= 4 is 33.2 Å². The average Bonchev–Trinajstić information content (AvgIpc) is 2.82. The molecule has 2 rings (SSSR count). The third-order valence-electron chi connectivity index (χ3n) is 2.17. The van der Waals surface area contributed by atoms with E-state index in [9.17, 15) is 4.79 Å². The van der Waals surface area contributed by atoms with Crippen molar-refractivity contribution in [2.75, 3.05) is 6.54 Å². The summed E-state index contributed by atoms with van der Waals surface area (Å²) in [6, 6.07) is 11.5. The first-order valence-electron chi connectivity index (χ1n) is 5.32. The van der Waals surface area contributed by atoms with E-state index < -0.39 is 0 Å². The number of carbonyl (C=O) groups excluding carboxylic acids is 1. The number of hydrogen-bond acceptors (Lipinski definition) is 2. The molecule has 1 heterocycles. The molecular weight excluding hydrogens is 310 g/mol. The number of carbonyl (C=O) groups is 1. The van der Waals surface area contributed by atoms with Gasteiger partial charge in [0.2, 0.25) is 0 Å². The van der Waals surface area contributed by atoms with Crippen molar-refractivity contribution in [3.63, 3.8) is 0 Å². The smallest absolute Gasteiger partial charge is 0.252 e. The highest BCUT2D eigenvalue weighted by Gasteiger charge is 2.05. The van der Waals surface area contributed by atoms with Gasteiger partial charge in [-0.1, -0.05) is 30.0 Å². The van der Waals surface area contributed by atoms with E-state index in [0.717, 1.165) is 9.35 Å². The fourth-order valence-corrected chi connectivity index (χ4v) is 2.46. The Morgan fingerprint density at radius 2 is 2.11 bits per heavy atom. The van der Waals surface area contributed by atoms with Gasteiger partial charge in [0.05, 0.1) is 15.9 Å². The third kappa shape index (κ3) is 3.73. The summed E-state index contributed by atoms with van der Waals surface area (Å²) >= 11 is 4.81. The van der Waals surface area contributed by atoms with Gasteiger partial charge in [-0.2, -0.15) is 0 Å². The van der Waals surface area contributed by atoms with Crippen LogP contribution in [0.4, 0.5) is 0 Å². The van der Waals surface area contributed by atoms with Crippen molar-refractivity contribution in [2.24, 2.45) is 0 Å². The molecule has 1 aromatic heterocycles. The van der Waals surface area contributed by atoms with Crippen LogP contribution in [0.3, 0.4) is 0 Å². The molecule has 2 aromatic rings. The Labute approximate surface area is 118 Å². The van der Waals surface area contributed by atoms with E-state index in [2.05, 4.69) is 33.1 Å². The van der Waals surface area contributed by atoms with E-state index in [1.807, 2.05) is 35.7 Å². The van der Waals surface area contributed by atoms with Crippen molar-refractivity contribution in [1.82, 2.24) is 5.32 Å². The molecule has 2 nitrogen and oxygen atoms in total. The molecule has 0 aliphatic carbocycles. The lowest BCUT2D eigenvalue weighted by molar-refractivity contribution is 0.0959. The third-order valence-corrected chi connectivity index (χ3v) is 3.68. The summed E-state index contributed by atoms with van der Waals surface area (Å²) in [5.41, 5.74) is 1.61. The van der Waals surface area contributed by atoms with Gasteiger partial charge < -0.3 is 5.32 Å². The monoisotopic (exact) mass is 319 g/mol. The largest absolute Gasteiger partial charge is 0.341 e. The summed E-state index contributed by atoms with van der Waals surface area (Å²) in [6.45, 7) is 0.348. The van der Waals surface area contributed by atoms with Crippen LogP contribution in [0.1, 0.15) is 15.9 Å². The lowest BCUT2D eigenvalue weighted by atomic mass is 10.2. The molecule has 0 bridgehead atoms. The first kappa shape index (κ1) is 12.9. The quantitative estimate of drug-likeness (QED) is 0.845. The molecule has 90 valence electrons. The van der Waals surface area contributed by atoms with Gasteiger partial charge in [-0.05, 0) is 34.1 Å². The van der Waals surface area contributed by atoms with Crippen molar-refractivity contribution in [3.05, 3.63) is 56.7 Å². The van der Waals surface area contributed by atoms with Gasteiger partial charge in [-0.15, -0.1) is 11.3 Å².